The Hall–Kier alpha value is -0.710. The monoisotopic (exact) mass is 519 g/mol. The first-order valence-corrected chi connectivity index (χ1v) is 11.2. The van der Waals surface area contributed by atoms with E-state index in [1.165, 1.54) is 14.8 Å². The van der Waals surface area contributed by atoms with Gasteiger partial charge in [0.05, 0.1) is 5.01 Å². The van der Waals surface area contributed by atoms with Crippen LogP contribution in [0, 0.1) is 0 Å². The van der Waals surface area contributed by atoms with Crippen LogP contribution < -0.4 is 5.32 Å². The van der Waals surface area contributed by atoms with Crippen LogP contribution in [0.1, 0.15) is 28.6 Å². The third-order valence-corrected chi connectivity index (χ3v) is 6.57. The number of aryl methyl sites for hydroxylation is 1. The average molecular weight is 520 g/mol. The molecule has 0 saturated carbocycles. The molecule has 1 aliphatic rings. The zero-order valence-electron chi connectivity index (χ0n) is 16.2. The standard InChI is InChI=1S/C19H29N5S2.HI/c1-3-16-14-22-18(26-16)7-8-21-19(20-4-2)24-11-9-23(10-12-24)15-17-6-5-13-25-17;/h5-6,13-14H,3-4,7-12,15H2,1-2H3,(H,20,21);1H. The van der Waals surface area contributed by atoms with Gasteiger partial charge in [0.25, 0.3) is 0 Å². The molecule has 1 N–H and O–H groups in total. The highest BCUT2D eigenvalue weighted by atomic mass is 127. The normalized spacial score (nSPS) is 15.6. The Morgan fingerprint density at radius 2 is 2.04 bits per heavy atom. The SMILES string of the molecule is CCNC(=NCCc1ncc(CC)s1)N1CCN(Cc2cccs2)CC1.I. The van der Waals surface area contributed by atoms with Crippen molar-refractivity contribution >= 4 is 52.6 Å². The van der Waals surface area contributed by atoms with Crippen LogP contribution in [0.2, 0.25) is 0 Å². The second-order valence-electron chi connectivity index (χ2n) is 6.40. The highest BCUT2D eigenvalue weighted by molar-refractivity contribution is 14.0. The number of aromatic nitrogens is 1. The molecule has 1 fully saturated rings. The predicted molar refractivity (Wildman–Crippen MR) is 128 cm³/mol. The molecular formula is C19H30IN5S2. The van der Waals surface area contributed by atoms with Crippen molar-refractivity contribution in [1.82, 2.24) is 20.1 Å². The maximum atomic E-state index is 4.85. The molecule has 150 valence electrons. The lowest BCUT2D eigenvalue weighted by Gasteiger charge is -2.36. The van der Waals surface area contributed by atoms with Gasteiger partial charge in [-0.2, -0.15) is 0 Å². The summed E-state index contributed by atoms with van der Waals surface area (Å²) in [5, 5.41) is 6.81. The topological polar surface area (TPSA) is 43.8 Å². The van der Waals surface area contributed by atoms with Crippen LogP contribution in [0.3, 0.4) is 0 Å². The molecule has 0 aromatic carbocycles. The summed E-state index contributed by atoms with van der Waals surface area (Å²) in [5.74, 6) is 1.05. The molecule has 0 amide bonds. The molecule has 2 aromatic heterocycles. The Bertz CT molecular complexity index is 678. The Morgan fingerprint density at radius 1 is 1.22 bits per heavy atom. The lowest BCUT2D eigenvalue weighted by atomic mass is 10.3. The van der Waals surface area contributed by atoms with Gasteiger partial charge in [-0.15, -0.1) is 46.7 Å². The van der Waals surface area contributed by atoms with Crippen LogP contribution in [-0.4, -0.2) is 60.0 Å². The van der Waals surface area contributed by atoms with Gasteiger partial charge in [-0.25, -0.2) is 4.98 Å². The molecule has 8 heteroatoms. The van der Waals surface area contributed by atoms with Gasteiger partial charge >= 0.3 is 0 Å². The summed E-state index contributed by atoms with van der Waals surface area (Å²) < 4.78 is 0. The zero-order valence-corrected chi connectivity index (χ0v) is 20.2. The lowest BCUT2D eigenvalue weighted by molar-refractivity contribution is 0.173. The second-order valence-corrected chi connectivity index (χ2v) is 8.63. The summed E-state index contributed by atoms with van der Waals surface area (Å²) in [5.41, 5.74) is 0. The van der Waals surface area contributed by atoms with Crippen molar-refractivity contribution in [3.05, 3.63) is 38.5 Å². The van der Waals surface area contributed by atoms with Crippen LogP contribution in [0.5, 0.6) is 0 Å². The number of piperazine rings is 1. The Morgan fingerprint density at radius 3 is 2.67 bits per heavy atom. The number of nitrogens with zero attached hydrogens (tertiary/aromatic N) is 4. The van der Waals surface area contributed by atoms with E-state index >= 15 is 0 Å². The van der Waals surface area contributed by atoms with E-state index in [2.05, 4.69) is 51.5 Å². The molecule has 0 spiro atoms. The first kappa shape index (κ1) is 22.6. The van der Waals surface area contributed by atoms with Crippen molar-refractivity contribution < 1.29 is 0 Å². The van der Waals surface area contributed by atoms with Gasteiger partial charge in [-0.1, -0.05) is 13.0 Å². The fraction of sp³-hybridized carbons (Fsp3) is 0.579. The Labute approximate surface area is 187 Å². The average Bonchev–Trinajstić information content (AvgIpc) is 3.33. The van der Waals surface area contributed by atoms with Crippen LogP contribution in [0.4, 0.5) is 0 Å². The first-order valence-electron chi connectivity index (χ1n) is 9.50. The largest absolute Gasteiger partial charge is 0.357 e. The van der Waals surface area contributed by atoms with Crippen molar-refractivity contribution in [1.29, 1.82) is 0 Å². The number of hydrogen-bond donors (Lipinski definition) is 1. The van der Waals surface area contributed by atoms with Gasteiger partial charge in [0.1, 0.15) is 0 Å². The molecule has 0 atom stereocenters. The molecule has 27 heavy (non-hydrogen) atoms. The molecular weight excluding hydrogens is 489 g/mol. The molecule has 0 bridgehead atoms. The third-order valence-electron chi connectivity index (χ3n) is 4.50. The molecule has 2 aromatic rings. The minimum absolute atomic E-state index is 0. The van der Waals surface area contributed by atoms with E-state index in [1.807, 2.05) is 28.9 Å². The van der Waals surface area contributed by atoms with Crippen LogP contribution >= 0.6 is 46.7 Å². The van der Waals surface area contributed by atoms with Gasteiger partial charge in [0, 0.05) is 68.2 Å². The van der Waals surface area contributed by atoms with Crippen molar-refractivity contribution in [3.63, 3.8) is 0 Å². The van der Waals surface area contributed by atoms with Crippen LogP contribution in [0.25, 0.3) is 0 Å². The lowest BCUT2D eigenvalue weighted by Crippen LogP contribution is -2.52. The second kappa shape index (κ2) is 12.0. The molecule has 3 rings (SSSR count). The molecule has 1 saturated heterocycles. The molecule has 0 radical (unpaired) electrons. The maximum Gasteiger partial charge on any atom is 0.194 e. The van der Waals surface area contributed by atoms with E-state index in [-0.39, 0.29) is 24.0 Å². The summed E-state index contributed by atoms with van der Waals surface area (Å²) in [6.07, 6.45) is 4.00. The van der Waals surface area contributed by atoms with E-state index in [0.717, 1.165) is 64.6 Å². The summed E-state index contributed by atoms with van der Waals surface area (Å²) >= 11 is 3.66. The number of aliphatic imine (C=N–C) groups is 1. The van der Waals surface area contributed by atoms with E-state index in [0.29, 0.717) is 0 Å². The fourth-order valence-corrected chi connectivity index (χ4v) is 4.65. The maximum absolute atomic E-state index is 4.85. The quantitative estimate of drug-likeness (QED) is 0.344. The zero-order chi connectivity index (χ0) is 18.2. The number of nitrogens with one attached hydrogen (secondary N) is 1. The summed E-state index contributed by atoms with van der Waals surface area (Å²) in [7, 11) is 0. The Balaban J connectivity index is 0.00000261. The highest BCUT2D eigenvalue weighted by Crippen LogP contribution is 2.15. The fourth-order valence-electron chi connectivity index (χ4n) is 3.05. The van der Waals surface area contributed by atoms with Gasteiger partial charge in [-0.05, 0) is 24.8 Å². The number of thiazole rings is 1. The van der Waals surface area contributed by atoms with E-state index in [1.54, 1.807) is 0 Å². The van der Waals surface area contributed by atoms with Gasteiger partial charge in [0.15, 0.2) is 5.96 Å². The van der Waals surface area contributed by atoms with Crippen molar-refractivity contribution in [2.24, 2.45) is 4.99 Å². The minimum atomic E-state index is 0. The predicted octanol–water partition coefficient (Wildman–Crippen LogP) is 3.71. The van der Waals surface area contributed by atoms with Crippen LogP contribution in [0.15, 0.2) is 28.7 Å². The van der Waals surface area contributed by atoms with Gasteiger partial charge in [0.2, 0.25) is 0 Å². The summed E-state index contributed by atoms with van der Waals surface area (Å²) in [4.78, 5) is 17.1. The highest BCUT2D eigenvalue weighted by Gasteiger charge is 2.19. The summed E-state index contributed by atoms with van der Waals surface area (Å²) in [6.45, 7) is 11.4. The number of hydrogen-bond acceptors (Lipinski definition) is 5. The Kier molecular flexibility index (Phi) is 10.0. The van der Waals surface area contributed by atoms with Crippen molar-refractivity contribution in [2.45, 2.75) is 33.2 Å². The molecule has 1 aliphatic heterocycles. The van der Waals surface area contributed by atoms with Crippen LogP contribution in [-0.2, 0) is 19.4 Å². The van der Waals surface area contributed by atoms with E-state index in [9.17, 15) is 0 Å². The van der Waals surface area contributed by atoms with Crippen molar-refractivity contribution in [2.75, 3.05) is 39.3 Å². The molecule has 3 heterocycles. The van der Waals surface area contributed by atoms with E-state index in [4.69, 9.17) is 4.99 Å². The molecule has 0 unspecified atom stereocenters. The molecule has 5 nitrogen and oxygen atoms in total. The number of guanidine groups is 1. The summed E-state index contributed by atoms with van der Waals surface area (Å²) in [6, 6.07) is 4.36. The third kappa shape index (κ3) is 6.99. The number of thiophene rings is 1. The smallest absolute Gasteiger partial charge is 0.194 e. The first-order chi connectivity index (χ1) is 12.8. The van der Waals surface area contributed by atoms with E-state index < -0.39 is 0 Å². The van der Waals surface area contributed by atoms with Gasteiger partial charge in [-0.3, -0.25) is 9.89 Å². The van der Waals surface area contributed by atoms with Gasteiger partial charge < -0.3 is 10.2 Å². The number of halogens is 1. The molecule has 0 aliphatic carbocycles. The number of rotatable bonds is 7. The minimum Gasteiger partial charge on any atom is -0.357 e. The van der Waals surface area contributed by atoms with Crippen molar-refractivity contribution in [3.8, 4) is 0 Å².